The van der Waals surface area contributed by atoms with Gasteiger partial charge in [-0.1, -0.05) is 0 Å². The standard InChI is InChI=1S/C41H61N9O24/c1-43-35(68)19(3-11-27(53)54)45-37(70)21(5-13-29(57)58)47-39(72)23(7-15-31(61)62)49-41(74)25(9-17-33(65)66)50-40(73)24(8-16-32(63)64)48-38(71)22(6-14-30(59)60)46-36(69)20(4-12-28(55)56)44-34(67)18(42)2-10-26(51)52/h18-25H,2-17,42H2,1H3,(H,43,68)(H,44,67)(H,45,70)(H,46,69)(H,47,72)(H,48,71)(H,49,74)(H,50,73)(H,51,52)(H,53,54)(H,55,56)(H,57,58)(H,59,60)(H,61,62)(H,63,64)(H,65,66)/t18-,19-,20-,21-,22-,23-,24-,25-/m0/s1. The molecule has 0 saturated carbocycles. The smallest absolute Gasteiger partial charge is 0.303 e. The molecule has 0 saturated heterocycles. The van der Waals surface area contributed by atoms with Gasteiger partial charge in [-0.05, 0) is 51.4 Å². The van der Waals surface area contributed by atoms with Crippen LogP contribution in [0.25, 0.3) is 0 Å². The zero-order chi connectivity index (χ0) is 56.8. The summed E-state index contributed by atoms with van der Waals surface area (Å²) in [6.45, 7) is 0. The lowest BCUT2D eigenvalue weighted by atomic mass is 10.0. The Kier molecular flexibility index (Phi) is 30.0. The average Bonchev–Trinajstić information content (AvgIpc) is 3.30. The van der Waals surface area contributed by atoms with Crippen molar-refractivity contribution in [2.75, 3.05) is 7.05 Å². The topological polar surface area (TPSA) is 557 Å². The van der Waals surface area contributed by atoms with E-state index in [1.807, 2.05) is 0 Å². The summed E-state index contributed by atoms with van der Waals surface area (Å²) in [5.74, 6) is -22.1. The molecule has 0 aliphatic rings. The molecule has 8 atom stereocenters. The predicted molar refractivity (Wildman–Crippen MR) is 241 cm³/mol. The summed E-state index contributed by atoms with van der Waals surface area (Å²) >= 11 is 0. The molecule has 18 N–H and O–H groups in total. The lowest BCUT2D eigenvalue weighted by Gasteiger charge is -2.27. The molecule has 8 amide bonds. The van der Waals surface area contributed by atoms with Crippen LogP contribution in [0.15, 0.2) is 0 Å². The van der Waals surface area contributed by atoms with E-state index in [0.29, 0.717) is 0 Å². The van der Waals surface area contributed by atoms with E-state index < -0.39 is 246 Å². The fraction of sp³-hybridized carbons (Fsp3) is 0.610. The minimum absolute atomic E-state index is 0.434. The molecular formula is C41H61N9O24. The zero-order valence-corrected chi connectivity index (χ0v) is 39.6. The zero-order valence-electron chi connectivity index (χ0n) is 39.6. The Hall–Kier alpha value is -8.52. The van der Waals surface area contributed by atoms with E-state index in [4.69, 9.17) is 15.9 Å². The van der Waals surface area contributed by atoms with Crippen molar-refractivity contribution in [3.63, 3.8) is 0 Å². The van der Waals surface area contributed by atoms with Crippen molar-refractivity contribution in [1.82, 2.24) is 42.5 Å². The molecule has 0 rings (SSSR count). The van der Waals surface area contributed by atoms with Crippen molar-refractivity contribution < 1.29 is 118 Å². The van der Waals surface area contributed by atoms with E-state index in [-0.39, 0.29) is 0 Å². The third kappa shape index (κ3) is 28.4. The largest absolute Gasteiger partial charge is 0.481 e. The maximum absolute atomic E-state index is 13.8. The molecular weight excluding hydrogens is 1000 g/mol. The van der Waals surface area contributed by atoms with Crippen LogP contribution in [0.4, 0.5) is 0 Å². The number of rotatable bonds is 39. The summed E-state index contributed by atoms with van der Waals surface area (Å²) in [5, 5.41) is 91.0. The van der Waals surface area contributed by atoms with Crippen LogP contribution in [0, 0.1) is 0 Å². The first kappa shape index (κ1) is 65.5. The summed E-state index contributed by atoms with van der Waals surface area (Å²) in [6.07, 6.45) is -11.9. The number of aliphatic carboxylic acids is 8. The highest BCUT2D eigenvalue weighted by Crippen LogP contribution is 2.11. The second kappa shape index (κ2) is 34.0. The van der Waals surface area contributed by atoms with Gasteiger partial charge in [0.25, 0.3) is 0 Å². The van der Waals surface area contributed by atoms with Crippen LogP contribution in [0.1, 0.15) is 103 Å². The minimum Gasteiger partial charge on any atom is -0.481 e. The van der Waals surface area contributed by atoms with Gasteiger partial charge < -0.3 is 89.1 Å². The molecule has 33 nitrogen and oxygen atoms in total. The summed E-state index contributed by atoms with van der Waals surface area (Å²) in [4.78, 5) is 198. The summed E-state index contributed by atoms with van der Waals surface area (Å²) in [6, 6.07) is -14.8. The molecule has 0 spiro atoms. The van der Waals surface area contributed by atoms with Gasteiger partial charge in [0.05, 0.1) is 6.04 Å². The lowest BCUT2D eigenvalue weighted by Crippen LogP contribution is -2.60. The number of carbonyl (C=O) groups is 16. The Bertz CT molecular complexity index is 2100. The van der Waals surface area contributed by atoms with Crippen molar-refractivity contribution in [2.24, 2.45) is 5.73 Å². The molecule has 0 heterocycles. The van der Waals surface area contributed by atoms with Gasteiger partial charge in [-0.2, -0.15) is 0 Å². The number of carboxylic acids is 8. The number of carbonyl (C=O) groups excluding carboxylic acids is 8. The SMILES string of the molecule is CNC(=O)[C@H](CCC(=O)O)NC(=O)[C@H](CCC(=O)O)NC(=O)[C@H](CCC(=O)O)NC(=O)[C@H](CCC(=O)O)NC(=O)[C@H](CCC(=O)O)NC(=O)[C@H](CCC(=O)O)NC(=O)[C@H](CCC(=O)O)NC(=O)[C@@H](N)CCC(=O)O. The fourth-order valence-corrected chi connectivity index (χ4v) is 6.25. The molecule has 0 aromatic rings. The number of carboxylic acid groups (broad SMARTS) is 8. The number of nitrogens with one attached hydrogen (secondary N) is 8. The Morgan fingerprint density at radius 1 is 0.270 bits per heavy atom. The van der Waals surface area contributed by atoms with Crippen molar-refractivity contribution >= 4 is 95.0 Å². The Labute approximate surface area is 418 Å². The van der Waals surface area contributed by atoms with E-state index in [2.05, 4.69) is 42.5 Å². The number of amides is 8. The van der Waals surface area contributed by atoms with Crippen molar-refractivity contribution in [2.45, 2.75) is 151 Å². The second-order valence-corrected chi connectivity index (χ2v) is 16.1. The lowest BCUT2D eigenvalue weighted by molar-refractivity contribution is -0.141. The minimum atomic E-state index is -2.04. The van der Waals surface area contributed by atoms with Crippen LogP contribution in [-0.4, -0.2) is 191 Å². The summed E-state index contributed by atoms with van der Waals surface area (Å²) in [5.41, 5.74) is 5.69. The van der Waals surface area contributed by atoms with Crippen LogP contribution >= 0.6 is 0 Å². The normalized spacial score (nSPS) is 13.9. The Morgan fingerprint density at radius 3 is 0.581 bits per heavy atom. The van der Waals surface area contributed by atoms with Gasteiger partial charge in [0.2, 0.25) is 47.3 Å². The van der Waals surface area contributed by atoms with E-state index >= 15 is 0 Å². The first-order valence-corrected chi connectivity index (χ1v) is 22.3. The van der Waals surface area contributed by atoms with Gasteiger partial charge in [0, 0.05) is 58.4 Å². The maximum atomic E-state index is 13.8. The molecule has 74 heavy (non-hydrogen) atoms. The number of hydrogen-bond acceptors (Lipinski definition) is 17. The molecule has 0 fully saturated rings. The molecule has 33 heteroatoms. The third-order valence-electron chi connectivity index (χ3n) is 10.2. The van der Waals surface area contributed by atoms with Gasteiger partial charge in [0.15, 0.2) is 0 Å². The second-order valence-electron chi connectivity index (χ2n) is 16.1. The van der Waals surface area contributed by atoms with E-state index in [0.717, 1.165) is 7.05 Å². The first-order chi connectivity index (χ1) is 34.5. The molecule has 0 aliphatic heterocycles. The fourth-order valence-electron chi connectivity index (χ4n) is 6.25. The molecule has 0 aromatic carbocycles. The Morgan fingerprint density at radius 2 is 0.419 bits per heavy atom. The van der Waals surface area contributed by atoms with Crippen molar-refractivity contribution in [3.8, 4) is 0 Å². The molecule has 0 aliphatic carbocycles. The van der Waals surface area contributed by atoms with Crippen molar-refractivity contribution in [3.05, 3.63) is 0 Å². The number of nitrogens with two attached hydrogens (primary N) is 1. The third-order valence-corrected chi connectivity index (χ3v) is 10.2. The van der Waals surface area contributed by atoms with Crippen molar-refractivity contribution in [1.29, 1.82) is 0 Å². The van der Waals surface area contributed by atoms with Gasteiger partial charge in [-0.25, -0.2) is 0 Å². The van der Waals surface area contributed by atoms with Crippen LogP contribution in [0.5, 0.6) is 0 Å². The monoisotopic (exact) mass is 1060 g/mol. The van der Waals surface area contributed by atoms with E-state index in [1.54, 1.807) is 0 Å². The van der Waals surface area contributed by atoms with Gasteiger partial charge in [-0.15, -0.1) is 0 Å². The average molecular weight is 1060 g/mol. The molecule has 414 valence electrons. The predicted octanol–water partition coefficient (Wildman–Crippen LogP) is -5.63. The number of likely N-dealkylation sites (N-methyl/N-ethyl adjacent to an activating group) is 1. The van der Waals surface area contributed by atoms with Crippen LogP contribution in [0.3, 0.4) is 0 Å². The number of hydrogen-bond donors (Lipinski definition) is 17. The summed E-state index contributed by atoms with van der Waals surface area (Å²) < 4.78 is 0. The summed E-state index contributed by atoms with van der Waals surface area (Å²) in [7, 11) is 1.15. The molecule has 0 unspecified atom stereocenters. The highest BCUT2D eigenvalue weighted by molar-refractivity contribution is 5.98. The molecule has 0 radical (unpaired) electrons. The highest BCUT2D eigenvalue weighted by Gasteiger charge is 2.35. The van der Waals surface area contributed by atoms with Crippen LogP contribution in [-0.2, 0) is 76.7 Å². The van der Waals surface area contributed by atoms with Gasteiger partial charge in [0.1, 0.15) is 42.3 Å². The molecule has 0 bridgehead atoms. The Balaban J connectivity index is 6.94. The van der Waals surface area contributed by atoms with E-state index in [1.165, 1.54) is 0 Å². The highest BCUT2D eigenvalue weighted by atomic mass is 16.4. The quantitative estimate of drug-likeness (QED) is 0.0273. The maximum Gasteiger partial charge on any atom is 0.303 e. The van der Waals surface area contributed by atoms with Crippen LogP contribution < -0.4 is 48.3 Å². The van der Waals surface area contributed by atoms with Gasteiger partial charge >= 0.3 is 47.8 Å². The first-order valence-electron chi connectivity index (χ1n) is 22.3. The molecule has 0 aromatic heterocycles. The van der Waals surface area contributed by atoms with Crippen LogP contribution in [0.2, 0.25) is 0 Å². The van der Waals surface area contributed by atoms with Gasteiger partial charge in [-0.3, -0.25) is 76.7 Å². The van der Waals surface area contributed by atoms with E-state index in [9.17, 15) is 107 Å².